The molecule has 1 N–H and O–H groups in total. The molecule has 0 amide bonds. The normalized spacial score (nSPS) is 14.2. The van der Waals surface area contributed by atoms with Crippen molar-refractivity contribution in [2.75, 3.05) is 5.75 Å². The van der Waals surface area contributed by atoms with Crippen LogP contribution in [0.1, 0.15) is 18.2 Å². The lowest BCUT2D eigenvalue weighted by molar-refractivity contribution is 0.0839. The van der Waals surface area contributed by atoms with Crippen molar-refractivity contribution in [3.63, 3.8) is 0 Å². The summed E-state index contributed by atoms with van der Waals surface area (Å²) in [6.07, 6.45) is 1.74. The van der Waals surface area contributed by atoms with Crippen LogP contribution < -0.4 is 0 Å². The number of benzene rings is 1. The van der Waals surface area contributed by atoms with Crippen molar-refractivity contribution < 1.29 is 5.11 Å². The zero-order valence-electron chi connectivity index (χ0n) is 10.5. The van der Waals surface area contributed by atoms with E-state index in [0.717, 1.165) is 11.3 Å². The first-order chi connectivity index (χ1) is 8.58. The van der Waals surface area contributed by atoms with Crippen LogP contribution in [0.3, 0.4) is 0 Å². The predicted molar refractivity (Wildman–Crippen MR) is 73.5 cm³/mol. The van der Waals surface area contributed by atoms with Crippen molar-refractivity contribution in [2.24, 2.45) is 0 Å². The van der Waals surface area contributed by atoms with Gasteiger partial charge in [0.05, 0.1) is 5.60 Å². The lowest BCUT2D eigenvalue weighted by atomic mass is 9.99. The maximum Gasteiger partial charge on any atom is 0.187 e. The van der Waals surface area contributed by atoms with Crippen LogP contribution in [0, 0.1) is 6.92 Å². The molecule has 18 heavy (non-hydrogen) atoms. The predicted octanol–water partition coefficient (Wildman–Crippen LogP) is 2.78. The molecule has 1 aromatic carbocycles. The van der Waals surface area contributed by atoms with Crippen LogP contribution in [0.5, 0.6) is 0 Å². The smallest absolute Gasteiger partial charge is 0.187 e. The van der Waals surface area contributed by atoms with Gasteiger partial charge in [-0.25, -0.2) is 9.97 Å². The number of aryl methyl sites for hydroxylation is 1. The minimum Gasteiger partial charge on any atom is -0.385 e. The van der Waals surface area contributed by atoms with E-state index in [4.69, 9.17) is 0 Å². The molecule has 0 radical (unpaired) electrons. The van der Waals surface area contributed by atoms with Gasteiger partial charge in [0.2, 0.25) is 0 Å². The fourth-order valence-corrected chi connectivity index (χ4v) is 2.50. The van der Waals surface area contributed by atoms with E-state index in [1.807, 2.05) is 50.2 Å². The second-order valence-electron chi connectivity index (χ2n) is 4.41. The topological polar surface area (TPSA) is 46.0 Å². The number of nitrogens with zero attached hydrogens (tertiary/aromatic N) is 2. The second kappa shape index (κ2) is 5.50. The third-order valence-corrected chi connectivity index (χ3v) is 3.81. The first-order valence-electron chi connectivity index (χ1n) is 5.78. The fourth-order valence-electron chi connectivity index (χ4n) is 1.58. The maximum absolute atomic E-state index is 10.4. The molecule has 3 nitrogen and oxygen atoms in total. The molecule has 0 spiro atoms. The first kappa shape index (κ1) is 13.1. The lowest BCUT2D eigenvalue weighted by Crippen LogP contribution is -2.24. The van der Waals surface area contributed by atoms with Crippen LogP contribution in [0.25, 0.3) is 0 Å². The van der Waals surface area contributed by atoms with E-state index in [0.29, 0.717) is 10.9 Å². The Hall–Kier alpha value is -1.39. The first-order valence-corrected chi connectivity index (χ1v) is 6.77. The molecule has 0 aliphatic carbocycles. The lowest BCUT2D eigenvalue weighted by Gasteiger charge is -2.22. The number of hydrogen-bond donors (Lipinski definition) is 1. The van der Waals surface area contributed by atoms with Gasteiger partial charge in [-0.05, 0) is 25.5 Å². The molecule has 1 aromatic heterocycles. The molecule has 1 atom stereocenters. The molecule has 0 saturated carbocycles. The second-order valence-corrected chi connectivity index (χ2v) is 5.35. The molecular weight excluding hydrogens is 244 g/mol. The molecule has 0 fully saturated rings. The molecule has 0 aliphatic rings. The van der Waals surface area contributed by atoms with E-state index in [2.05, 4.69) is 9.97 Å². The molecule has 0 bridgehead atoms. The standard InChI is InChI=1S/C14H16N2OS/c1-11-8-9-15-13(16-11)18-10-14(2,17)12-6-4-3-5-7-12/h3-9,17H,10H2,1-2H3. The fraction of sp³-hybridized carbons (Fsp3) is 0.286. The van der Waals surface area contributed by atoms with Gasteiger partial charge in [-0.2, -0.15) is 0 Å². The van der Waals surface area contributed by atoms with E-state index >= 15 is 0 Å². The molecule has 4 heteroatoms. The van der Waals surface area contributed by atoms with Gasteiger partial charge in [-0.1, -0.05) is 42.1 Å². The van der Waals surface area contributed by atoms with Crippen LogP contribution in [0.4, 0.5) is 0 Å². The van der Waals surface area contributed by atoms with Crippen LogP contribution in [-0.2, 0) is 5.60 Å². The minimum atomic E-state index is -0.876. The quantitative estimate of drug-likeness (QED) is 0.678. The van der Waals surface area contributed by atoms with Crippen LogP contribution in [0.2, 0.25) is 0 Å². The van der Waals surface area contributed by atoms with Gasteiger partial charge in [0, 0.05) is 17.6 Å². The zero-order valence-corrected chi connectivity index (χ0v) is 11.3. The van der Waals surface area contributed by atoms with Gasteiger partial charge in [-0.15, -0.1) is 0 Å². The highest BCUT2D eigenvalue weighted by atomic mass is 32.2. The number of aliphatic hydroxyl groups is 1. The molecular formula is C14H16N2OS. The van der Waals surface area contributed by atoms with E-state index in [1.165, 1.54) is 11.8 Å². The van der Waals surface area contributed by atoms with E-state index in [-0.39, 0.29) is 0 Å². The Morgan fingerprint density at radius 1 is 1.22 bits per heavy atom. The van der Waals surface area contributed by atoms with Gasteiger partial charge in [0.1, 0.15) is 0 Å². The van der Waals surface area contributed by atoms with E-state index in [1.54, 1.807) is 6.20 Å². The summed E-state index contributed by atoms with van der Waals surface area (Å²) in [6.45, 7) is 3.74. The van der Waals surface area contributed by atoms with Gasteiger partial charge in [-0.3, -0.25) is 0 Å². The van der Waals surface area contributed by atoms with Crippen molar-refractivity contribution in [3.05, 3.63) is 53.9 Å². The Balaban J connectivity index is 2.05. The Bertz CT molecular complexity index is 514. The largest absolute Gasteiger partial charge is 0.385 e. The third-order valence-electron chi connectivity index (χ3n) is 2.65. The Kier molecular flexibility index (Phi) is 3.99. The highest BCUT2D eigenvalue weighted by Crippen LogP contribution is 2.27. The number of hydrogen-bond acceptors (Lipinski definition) is 4. The summed E-state index contributed by atoms with van der Waals surface area (Å²) in [5.41, 5.74) is 0.968. The maximum atomic E-state index is 10.4. The summed E-state index contributed by atoms with van der Waals surface area (Å²) in [5, 5.41) is 11.1. The van der Waals surface area contributed by atoms with Gasteiger partial charge in [0.15, 0.2) is 5.16 Å². The molecule has 2 aromatic rings. The summed E-state index contributed by atoms with van der Waals surface area (Å²) in [5.74, 6) is 0.528. The number of rotatable bonds is 4. The Morgan fingerprint density at radius 3 is 2.61 bits per heavy atom. The minimum absolute atomic E-state index is 0.528. The van der Waals surface area contributed by atoms with Crippen LogP contribution in [0.15, 0.2) is 47.8 Å². The van der Waals surface area contributed by atoms with Crippen molar-refractivity contribution >= 4 is 11.8 Å². The average Bonchev–Trinajstić information content (AvgIpc) is 2.38. The van der Waals surface area contributed by atoms with Crippen LogP contribution in [-0.4, -0.2) is 20.8 Å². The summed E-state index contributed by atoms with van der Waals surface area (Å²) >= 11 is 1.46. The zero-order chi connectivity index (χ0) is 13.0. The SMILES string of the molecule is Cc1ccnc(SCC(C)(O)c2ccccc2)n1. The Labute approximate surface area is 111 Å². The molecule has 1 unspecified atom stereocenters. The monoisotopic (exact) mass is 260 g/mol. The number of aromatic nitrogens is 2. The van der Waals surface area contributed by atoms with E-state index < -0.39 is 5.60 Å². The highest BCUT2D eigenvalue weighted by Gasteiger charge is 2.23. The highest BCUT2D eigenvalue weighted by molar-refractivity contribution is 7.99. The van der Waals surface area contributed by atoms with Gasteiger partial charge >= 0.3 is 0 Å². The number of thioether (sulfide) groups is 1. The van der Waals surface area contributed by atoms with Crippen molar-refractivity contribution in [1.29, 1.82) is 0 Å². The summed E-state index contributed by atoms with van der Waals surface area (Å²) < 4.78 is 0. The molecule has 0 saturated heterocycles. The van der Waals surface area contributed by atoms with Gasteiger partial charge in [0.25, 0.3) is 0 Å². The summed E-state index contributed by atoms with van der Waals surface area (Å²) in [7, 11) is 0. The van der Waals surface area contributed by atoms with E-state index in [9.17, 15) is 5.11 Å². The molecule has 2 rings (SSSR count). The molecule has 0 aliphatic heterocycles. The summed E-state index contributed by atoms with van der Waals surface area (Å²) in [6, 6.07) is 11.5. The van der Waals surface area contributed by atoms with Crippen molar-refractivity contribution in [1.82, 2.24) is 9.97 Å². The third kappa shape index (κ3) is 3.31. The van der Waals surface area contributed by atoms with Crippen LogP contribution >= 0.6 is 11.8 Å². The molecule has 94 valence electrons. The van der Waals surface area contributed by atoms with Crippen molar-refractivity contribution in [3.8, 4) is 0 Å². The summed E-state index contributed by atoms with van der Waals surface area (Å²) in [4.78, 5) is 8.49. The average molecular weight is 260 g/mol. The van der Waals surface area contributed by atoms with Crippen molar-refractivity contribution in [2.45, 2.75) is 24.6 Å². The molecule has 1 heterocycles. The van der Waals surface area contributed by atoms with Gasteiger partial charge < -0.3 is 5.11 Å². The Morgan fingerprint density at radius 2 is 1.94 bits per heavy atom.